The number of nitrogens with one attached hydrogen (secondary N) is 1. The van der Waals surface area contributed by atoms with E-state index < -0.39 is 10.0 Å². The van der Waals surface area contributed by atoms with Crippen molar-refractivity contribution in [3.63, 3.8) is 0 Å². The highest BCUT2D eigenvalue weighted by Gasteiger charge is 2.30. The lowest BCUT2D eigenvalue weighted by atomic mass is 10.1. The summed E-state index contributed by atoms with van der Waals surface area (Å²) in [7, 11) is -1.84. The number of nitrogens with zero attached hydrogens (tertiary/aromatic N) is 3. The second-order valence-corrected chi connectivity index (χ2v) is 10.1. The third-order valence-electron chi connectivity index (χ3n) is 5.89. The van der Waals surface area contributed by atoms with Gasteiger partial charge in [-0.1, -0.05) is 6.42 Å². The van der Waals surface area contributed by atoms with Crippen molar-refractivity contribution < 1.29 is 18.0 Å². The van der Waals surface area contributed by atoms with Crippen LogP contribution in [0.1, 0.15) is 52.7 Å². The molecular weight excluding hydrogens is 440 g/mol. The molecule has 0 saturated carbocycles. The van der Waals surface area contributed by atoms with Crippen LogP contribution in [0, 0.1) is 0 Å². The second kappa shape index (κ2) is 9.29. The highest BCUT2D eigenvalue weighted by molar-refractivity contribution is 7.89. The maximum atomic E-state index is 13.0. The van der Waals surface area contributed by atoms with E-state index >= 15 is 0 Å². The normalized spacial score (nSPS) is 17.0. The average Bonchev–Trinajstić information content (AvgIpc) is 3.25. The first kappa shape index (κ1) is 22.9. The fourth-order valence-corrected chi connectivity index (χ4v) is 5.66. The van der Waals surface area contributed by atoms with Gasteiger partial charge in [-0.05, 0) is 68.3 Å². The first-order chi connectivity index (χ1) is 15.8. The molecule has 2 heterocycles. The van der Waals surface area contributed by atoms with Crippen LogP contribution in [-0.4, -0.2) is 46.6 Å². The largest absolute Gasteiger partial charge is 0.331 e. The number of imidazole rings is 1. The molecule has 3 aromatic rings. The summed E-state index contributed by atoms with van der Waals surface area (Å²) in [4.78, 5) is 29.4. The lowest BCUT2D eigenvalue weighted by molar-refractivity contribution is 0.102. The Kier molecular flexibility index (Phi) is 6.44. The van der Waals surface area contributed by atoms with Crippen LogP contribution in [0.4, 0.5) is 5.69 Å². The molecular formula is C24H26N4O4S. The van der Waals surface area contributed by atoms with Gasteiger partial charge in [-0.25, -0.2) is 13.4 Å². The minimum absolute atomic E-state index is 0.0287. The van der Waals surface area contributed by atoms with E-state index in [1.54, 1.807) is 52.6 Å². The number of aromatic nitrogens is 2. The molecule has 1 saturated heterocycles. The van der Waals surface area contributed by atoms with Gasteiger partial charge in [-0.15, -0.1) is 0 Å². The maximum Gasteiger partial charge on any atom is 0.255 e. The van der Waals surface area contributed by atoms with Crippen LogP contribution in [0.5, 0.6) is 0 Å². The molecule has 0 unspecified atom stereocenters. The standard InChI is InChI=1S/C24H26N4O4S/c1-17-5-3-4-15-28(17)33(31,32)21-12-8-19(9-13-21)24(30)26-20-10-6-18(7-11-20)22(29)23-25-14-16-27(23)2/h6-14,16-17H,3-5,15H2,1-2H3,(H,26,30)/t17-/m0/s1. The van der Waals surface area contributed by atoms with Crippen molar-refractivity contribution >= 4 is 27.4 Å². The van der Waals surface area contributed by atoms with Crippen LogP contribution in [0.3, 0.4) is 0 Å². The van der Waals surface area contributed by atoms with E-state index in [2.05, 4.69) is 10.3 Å². The molecule has 0 radical (unpaired) electrons. The number of piperidine rings is 1. The summed E-state index contributed by atoms with van der Waals surface area (Å²) < 4.78 is 29.1. The molecule has 0 spiro atoms. The first-order valence-corrected chi connectivity index (χ1v) is 12.3. The Morgan fingerprint density at radius 2 is 1.67 bits per heavy atom. The van der Waals surface area contributed by atoms with Crippen LogP contribution >= 0.6 is 0 Å². The lowest BCUT2D eigenvalue weighted by Crippen LogP contribution is -2.41. The Bertz CT molecular complexity index is 1260. The van der Waals surface area contributed by atoms with Crippen molar-refractivity contribution in [2.24, 2.45) is 7.05 Å². The molecule has 0 bridgehead atoms. The SMILES string of the molecule is C[C@H]1CCCCN1S(=O)(=O)c1ccc(C(=O)Nc2ccc(C(=O)c3nccn3C)cc2)cc1. The fourth-order valence-electron chi connectivity index (χ4n) is 3.96. The molecule has 1 atom stereocenters. The van der Waals surface area contributed by atoms with Gasteiger partial charge in [0, 0.05) is 48.8 Å². The molecule has 1 aliphatic rings. The van der Waals surface area contributed by atoms with Crippen LogP contribution < -0.4 is 5.32 Å². The van der Waals surface area contributed by atoms with Gasteiger partial charge in [0.05, 0.1) is 4.90 Å². The molecule has 8 nitrogen and oxygen atoms in total. The second-order valence-electron chi connectivity index (χ2n) is 8.21. The summed E-state index contributed by atoms with van der Waals surface area (Å²) in [5.41, 5.74) is 1.33. The molecule has 1 aromatic heterocycles. The van der Waals surface area contributed by atoms with Gasteiger partial charge in [0.2, 0.25) is 15.8 Å². The summed E-state index contributed by atoms with van der Waals surface area (Å²) in [6.07, 6.45) is 6.00. The number of amides is 1. The molecule has 9 heteroatoms. The fraction of sp³-hybridized carbons (Fsp3) is 0.292. The highest BCUT2D eigenvalue weighted by Crippen LogP contribution is 2.25. The van der Waals surface area contributed by atoms with Gasteiger partial charge < -0.3 is 9.88 Å². The minimum atomic E-state index is -3.58. The Morgan fingerprint density at radius 1 is 1.00 bits per heavy atom. The molecule has 172 valence electrons. The zero-order valence-electron chi connectivity index (χ0n) is 18.6. The number of sulfonamides is 1. The van der Waals surface area contributed by atoms with E-state index in [1.807, 2.05) is 6.92 Å². The van der Waals surface area contributed by atoms with Gasteiger partial charge in [0.1, 0.15) is 0 Å². The Morgan fingerprint density at radius 3 is 2.27 bits per heavy atom. The smallest absolute Gasteiger partial charge is 0.255 e. The molecule has 2 aromatic carbocycles. The van der Waals surface area contributed by atoms with Gasteiger partial charge in [0.15, 0.2) is 5.82 Å². The summed E-state index contributed by atoms with van der Waals surface area (Å²) in [6, 6.07) is 12.5. The summed E-state index contributed by atoms with van der Waals surface area (Å²) in [5, 5.41) is 2.77. The molecule has 1 fully saturated rings. The highest BCUT2D eigenvalue weighted by atomic mass is 32.2. The van der Waals surface area contributed by atoms with Crippen LogP contribution in [0.2, 0.25) is 0 Å². The monoisotopic (exact) mass is 466 g/mol. The molecule has 1 N–H and O–H groups in total. The third kappa shape index (κ3) is 4.74. The van der Waals surface area contributed by atoms with Crippen LogP contribution in [0.15, 0.2) is 65.8 Å². The molecule has 1 amide bonds. The maximum absolute atomic E-state index is 13.0. The van der Waals surface area contributed by atoms with Crippen molar-refractivity contribution in [2.75, 3.05) is 11.9 Å². The summed E-state index contributed by atoms with van der Waals surface area (Å²) in [6.45, 7) is 2.44. The number of benzene rings is 2. The lowest BCUT2D eigenvalue weighted by Gasteiger charge is -2.32. The van der Waals surface area contributed by atoms with Gasteiger partial charge >= 0.3 is 0 Å². The third-order valence-corrected chi connectivity index (χ3v) is 7.92. The minimum Gasteiger partial charge on any atom is -0.331 e. The number of carbonyl (C=O) groups excluding carboxylic acids is 2. The number of rotatable bonds is 6. The van der Waals surface area contributed by atoms with E-state index in [-0.39, 0.29) is 22.6 Å². The topological polar surface area (TPSA) is 101 Å². The number of hydrogen-bond donors (Lipinski definition) is 1. The quantitative estimate of drug-likeness (QED) is 0.561. The number of carbonyl (C=O) groups is 2. The van der Waals surface area contributed by atoms with Crippen LogP contribution in [0.25, 0.3) is 0 Å². The predicted octanol–water partition coefficient (Wildman–Crippen LogP) is 3.47. The first-order valence-electron chi connectivity index (χ1n) is 10.8. The van der Waals surface area contributed by atoms with E-state index in [0.29, 0.717) is 29.2 Å². The van der Waals surface area contributed by atoms with Crippen molar-refractivity contribution in [3.8, 4) is 0 Å². The van der Waals surface area contributed by atoms with E-state index in [0.717, 1.165) is 19.3 Å². The van der Waals surface area contributed by atoms with E-state index in [9.17, 15) is 18.0 Å². The molecule has 0 aliphatic carbocycles. The summed E-state index contributed by atoms with van der Waals surface area (Å²) >= 11 is 0. The number of hydrogen-bond acceptors (Lipinski definition) is 5. The Hall–Kier alpha value is -3.30. The molecule has 1 aliphatic heterocycles. The van der Waals surface area contributed by atoms with E-state index in [4.69, 9.17) is 0 Å². The molecule has 33 heavy (non-hydrogen) atoms. The van der Waals surface area contributed by atoms with Crippen molar-refractivity contribution in [1.82, 2.24) is 13.9 Å². The Balaban J connectivity index is 1.44. The average molecular weight is 467 g/mol. The Labute approximate surface area is 193 Å². The van der Waals surface area contributed by atoms with Gasteiger partial charge in [-0.2, -0.15) is 4.31 Å². The number of anilines is 1. The van der Waals surface area contributed by atoms with Gasteiger partial charge in [0.25, 0.3) is 5.91 Å². The summed E-state index contributed by atoms with van der Waals surface area (Å²) in [5.74, 6) is -0.241. The zero-order valence-corrected chi connectivity index (χ0v) is 19.4. The zero-order chi connectivity index (χ0) is 23.6. The van der Waals surface area contributed by atoms with Crippen molar-refractivity contribution in [3.05, 3.63) is 77.9 Å². The number of aryl methyl sites for hydroxylation is 1. The van der Waals surface area contributed by atoms with Gasteiger partial charge in [-0.3, -0.25) is 9.59 Å². The van der Waals surface area contributed by atoms with E-state index in [1.165, 1.54) is 24.3 Å². The van der Waals surface area contributed by atoms with Crippen molar-refractivity contribution in [1.29, 1.82) is 0 Å². The molecule has 4 rings (SSSR count). The number of ketones is 1. The van der Waals surface area contributed by atoms with Crippen molar-refractivity contribution in [2.45, 2.75) is 37.1 Å². The van der Waals surface area contributed by atoms with Crippen LogP contribution in [-0.2, 0) is 17.1 Å². The predicted molar refractivity (Wildman–Crippen MR) is 125 cm³/mol.